The molecule has 0 heterocycles. The molecule has 112 valence electrons. The highest BCUT2D eigenvalue weighted by molar-refractivity contribution is 7.99. The highest BCUT2D eigenvalue weighted by Crippen LogP contribution is 2.28. The van der Waals surface area contributed by atoms with E-state index >= 15 is 0 Å². The number of benzene rings is 1. The number of aliphatic hydroxyl groups is 1. The predicted octanol–water partition coefficient (Wildman–Crippen LogP) is 2.61. The summed E-state index contributed by atoms with van der Waals surface area (Å²) in [6.07, 6.45) is 5.44. The fourth-order valence-corrected chi connectivity index (χ4v) is 3.32. The largest absolute Gasteiger partial charge is 0.491 e. The zero-order chi connectivity index (χ0) is 14.4. The molecule has 1 aromatic carbocycles. The Morgan fingerprint density at radius 3 is 2.75 bits per heavy atom. The van der Waals surface area contributed by atoms with Gasteiger partial charge in [-0.25, -0.2) is 0 Å². The third kappa shape index (κ3) is 5.00. The minimum absolute atomic E-state index is 0.342. The van der Waals surface area contributed by atoms with Crippen molar-refractivity contribution in [2.75, 3.05) is 19.4 Å². The van der Waals surface area contributed by atoms with Crippen LogP contribution in [0.5, 0.6) is 5.75 Å². The molecule has 3 unspecified atom stereocenters. The Bertz CT molecular complexity index is 396. The molecule has 0 amide bonds. The van der Waals surface area contributed by atoms with E-state index in [9.17, 15) is 5.11 Å². The minimum Gasteiger partial charge on any atom is -0.491 e. The van der Waals surface area contributed by atoms with Crippen molar-refractivity contribution in [3.63, 3.8) is 0 Å². The van der Waals surface area contributed by atoms with Gasteiger partial charge in [0.2, 0.25) is 0 Å². The summed E-state index contributed by atoms with van der Waals surface area (Å²) in [5.41, 5.74) is 1.21. The summed E-state index contributed by atoms with van der Waals surface area (Å²) in [6, 6.07) is 8.47. The normalized spacial score (nSPS) is 23.8. The average molecular weight is 295 g/mol. The van der Waals surface area contributed by atoms with Crippen LogP contribution in [0.15, 0.2) is 24.3 Å². The van der Waals surface area contributed by atoms with Crippen LogP contribution in [0, 0.1) is 6.92 Å². The van der Waals surface area contributed by atoms with Gasteiger partial charge in [-0.05, 0) is 44.6 Å². The molecule has 0 spiro atoms. The van der Waals surface area contributed by atoms with Gasteiger partial charge >= 0.3 is 0 Å². The highest BCUT2D eigenvalue weighted by Gasteiger charge is 2.23. The first-order valence-corrected chi connectivity index (χ1v) is 8.60. The third-order valence-corrected chi connectivity index (χ3v) is 4.92. The Labute approximate surface area is 126 Å². The van der Waals surface area contributed by atoms with Gasteiger partial charge in [0.1, 0.15) is 18.5 Å². The van der Waals surface area contributed by atoms with Gasteiger partial charge in [0.15, 0.2) is 0 Å². The van der Waals surface area contributed by atoms with Gasteiger partial charge in [0.05, 0.1) is 0 Å². The molecule has 1 fully saturated rings. The molecule has 2 N–H and O–H groups in total. The van der Waals surface area contributed by atoms with E-state index in [4.69, 9.17) is 4.74 Å². The molecule has 0 bridgehead atoms. The Morgan fingerprint density at radius 2 is 2.10 bits per heavy atom. The standard InChI is InChI=1S/C16H25NO2S/c1-12-3-6-15(7-4-12)19-11-14(18)10-17-13-5-8-16(9-13)20-2/h3-4,6-7,13-14,16-18H,5,8-11H2,1-2H3. The van der Waals surface area contributed by atoms with Gasteiger partial charge in [-0.3, -0.25) is 0 Å². The summed E-state index contributed by atoms with van der Waals surface area (Å²) < 4.78 is 5.59. The lowest BCUT2D eigenvalue weighted by Gasteiger charge is -2.17. The Morgan fingerprint density at radius 1 is 1.35 bits per heavy atom. The summed E-state index contributed by atoms with van der Waals surface area (Å²) in [5, 5.41) is 14.2. The van der Waals surface area contributed by atoms with Crippen molar-refractivity contribution in [1.82, 2.24) is 5.32 Å². The SMILES string of the molecule is CSC1CCC(NCC(O)COc2ccc(C)cc2)C1. The van der Waals surface area contributed by atoms with E-state index in [2.05, 4.69) is 11.6 Å². The van der Waals surface area contributed by atoms with Crippen molar-refractivity contribution in [1.29, 1.82) is 0 Å². The molecule has 20 heavy (non-hydrogen) atoms. The van der Waals surface area contributed by atoms with Crippen LogP contribution >= 0.6 is 11.8 Å². The van der Waals surface area contributed by atoms with Crippen LogP contribution in [0.25, 0.3) is 0 Å². The second-order valence-corrected chi connectivity index (χ2v) is 6.69. The average Bonchev–Trinajstić information content (AvgIpc) is 2.92. The van der Waals surface area contributed by atoms with Crippen molar-refractivity contribution in [2.24, 2.45) is 0 Å². The third-order valence-electron chi connectivity index (χ3n) is 3.82. The first-order valence-electron chi connectivity index (χ1n) is 7.31. The smallest absolute Gasteiger partial charge is 0.119 e. The van der Waals surface area contributed by atoms with Crippen molar-refractivity contribution in [2.45, 2.75) is 43.6 Å². The summed E-state index contributed by atoms with van der Waals surface area (Å²) in [5.74, 6) is 0.818. The second kappa shape index (κ2) is 7.91. The number of hydrogen-bond donors (Lipinski definition) is 2. The van der Waals surface area contributed by atoms with Crippen LogP contribution in [0.4, 0.5) is 0 Å². The first-order chi connectivity index (χ1) is 9.67. The lowest BCUT2D eigenvalue weighted by Crippen LogP contribution is -2.37. The number of hydrogen-bond acceptors (Lipinski definition) is 4. The quantitative estimate of drug-likeness (QED) is 0.811. The van der Waals surface area contributed by atoms with Gasteiger partial charge in [-0.2, -0.15) is 11.8 Å². The number of thioether (sulfide) groups is 1. The molecule has 1 aliphatic carbocycles. The summed E-state index contributed by atoms with van der Waals surface area (Å²) in [4.78, 5) is 0. The maximum atomic E-state index is 9.96. The van der Waals surface area contributed by atoms with E-state index in [-0.39, 0.29) is 0 Å². The number of nitrogens with one attached hydrogen (secondary N) is 1. The van der Waals surface area contributed by atoms with Gasteiger partial charge < -0.3 is 15.2 Å². The van der Waals surface area contributed by atoms with Crippen LogP contribution < -0.4 is 10.1 Å². The molecule has 1 aliphatic rings. The Balaban J connectivity index is 1.63. The van der Waals surface area contributed by atoms with E-state index in [1.54, 1.807) is 0 Å². The predicted molar refractivity (Wildman–Crippen MR) is 85.6 cm³/mol. The van der Waals surface area contributed by atoms with Crippen LogP contribution in [0.3, 0.4) is 0 Å². The van der Waals surface area contributed by atoms with Gasteiger partial charge in [0, 0.05) is 17.8 Å². The van der Waals surface area contributed by atoms with Gasteiger partial charge in [0.25, 0.3) is 0 Å². The fraction of sp³-hybridized carbons (Fsp3) is 0.625. The zero-order valence-electron chi connectivity index (χ0n) is 12.3. The molecule has 0 saturated heterocycles. The van der Waals surface area contributed by atoms with Crippen LogP contribution in [-0.4, -0.2) is 41.9 Å². The molecule has 3 atom stereocenters. The molecular formula is C16H25NO2S. The van der Waals surface area contributed by atoms with Crippen LogP contribution in [0.2, 0.25) is 0 Å². The summed E-state index contributed by atoms with van der Waals surface area (Å²) in [6.45, 7) is 3.00. The molecular weight excluding hydrogens is 270 g/mol. The molecule has 1 saturated carbocycles. The Kier molecular flexibility index (Phi) is 6.20. The highest BCUT2D eigenvalue weighted by atomic mass is 32.2. The number of aliphatic hydroxyl groups excluding tert-OH is 1. The van der Waals surface area contributed by atoms with E-state index in [0.29, 0.717) is 19.2 Å². The molecule has 0 radical (unpaired) electrons. The van der Waals surface area contributed by atoms with E-state index < -0.39 is 6.10 Å². The first kappa shape index (κ1) is 15.7. The minimum atomic E-state index is -0.454. The van der Waals surface area contributed by atoms with Gasteiger partial charge in [-0.15, -0.1) is 0 Å². The topological polar surface area (TPSA) is 41.5 Å². The van der Waals surface area contributed by atoms with Crippen molar-refractivity contribution < 1.29 is 9.84 Å². The van der Waals surface area contributed by atoms with Crippen LogP contribution in [-0.2, 0) is 0 Å². The second-order valence-electron chi connectivity index (χ2n) is 5.55. The monoisotopic (exact) mass is 295 g/mol. The number of rotatable bonds is 7. The number of aryl methyl sites for hydroxylation is 1. The van der Waals surface area contributed by atoms with Gasteiger partial charge in [-0.1, -0.05) is 17.7 Å². The maximum absolute atomic E-state index is 9.96. The lowest BCUT2D eigenvalue weighted by atomic mass is 10.2. The summed E-state index contributed by atoms with van der Waals surface area (Å²) >= 11 is 1.95. The van der Waals surface area contributed by atoms with Crippen LogP contribution in [0.1, 0.15) is 24.8 Å². The maximum Gasteiger partial charge on any atom is 0.119 e. The lowest BCUT2D eigenvalue weighted by molar-refractivity contribution is 0.104. The molecule has 1 aromatic rings. The van der Waals surface area contributed by atoms with E-state index in [0.717, 1.165) is 11.0 Å². The number of ether oxygens (including phenoxy) is 1. The van der Waals surface area contributed by atoms with Crippen molar-refractivity contribution >= 4 is 11.8 Å². The van der Waals surface area contributed by atoms with E-state index in [1.165, 1.54) is 24.8 Å². The van der Waals surface area contributed by atoms with E-state index in [1.807, 2.05) is 43.0 Å². The molecule has 2 rings (SSSR count). The Hall–Kier alpha value is -0.710. The zero-order valence-corrected chi connectivity index (χ0v) is 13.2. The van der Waals surface area contributed by atoms with Crippen molar-refractivity contribution in [3.8, 4) is 5.75 Å². The fourth-order valence-electron chi connectivity index (χ4n) is 2.53. The molecule has 3 nitrogen and oxygen atoms in total. The molecule has 4 heteroatoms. The van der Waals surface area contributed by atoms with Crippen molar-refractivity contribution in [3.05, 3.63) is 29.8 Å². The molecule has 0 aromatic heterocycles. The summed E-state index contributed by atoms with van der Waals surface area (Å²) in [7, 11) is 0. The molecule has 0 aliphatic heterocycles.